The fraction of sp³-hybridized carbons (Fsp3) is 0.0189. The van der Waals surface area contributed by atoms with Crippen LogP contribution >= 0.6 is 0 Å². The monoisotopic (exact) mass is 700 g/mol. The molecule has 0 spiro atoms. The van der Waals surface area contributed by atoms with Gasteiger partial charge in [-0.25, -0.2) is 9.97 Å². The van der Waals surface area contributed by atoms with Gasteiger partial charge in [-0.15, -0.1) is 0 Å². The number of benzene rings is 8. The zero-order chi connectivity index (χ0) is 36.6. The van der Waals surface area contributed by atoms with Gasteiger partial charge in [0.15, 0.2) is 5.82 Å². The predicted octanol–water partition coefficient (Wildman–Crippen LogP) is 13.2. The molecule has 0 aliphatic heterocycles. The number of rotatable bonds is 7. The van der Waals surface area contributed by atoms with Crippen molar-refractivity contribution in [3.63, 3.8) is 0 Å². The molecule has 55 heavy (non-hydrogen) atoms. The van der Waals surface area contributed by atoms with Gasteiger partial charge >= 0.3 is 0 Å². The van der Waals surface area contributed by atoms with Crippen LogP contribution in [0.3, 0.4) is 0 Å². The highest BCUT2D eigenvalue weighted by molar-refractivity contribution is 5.87. The molecule has 0 fully saturated rings. The van der Waals surface area contributed by atoms with E-state index in [1.54, 1.807) is 0 Å². The Morgan fingerprint density at radius 3 is 1.35 bits per heavy atom. The minimum atomic E-state index is -0.460. The van der Waals surface area contributed by atoms with Crippen LogP contribution in [0, 0.1) is 0 Å². The molecule has 0 unspecified atom stereocenters. The molecule has 1 heterocycles. The number of fused-ring (bicyclic) bond motifs is 3. The molecule has 9 aromatic rings. The summed E-state index contributed by atoms with van der Waals surface area (Å²) < 4.78 is 0. The third-order valence-corrected chi connectivity index (χ3v) is 11.0. The van der Waals surface area contributed by atoms with E-state index in [-0.39, 0.29) is 0 Å². The minimum absolute atomic E-state index is 0.460. The molecule has 0 saturated heterocycles. The summed E-state index contributed by atoms with van der Waals surface area (Å²) in [4.78, 5) is 10.4. The summed E-state index contributed by atoms with van der Waals surface area (Å²) in [7, 11) is 0. The largest absolute Gasteiger partial charge is 0.228 e. The number of nitrogens with zero attached hydrogens (tertiary/aromatic N) is 2. The first-order chi connectivity index (χ1) is 27.3. The predicted molar refractivity (Wildman–Crippen MR) is 227 cm³/mol. The van der Waals surface area contributed by atoms with E-state index in [0.717, 1.165) is 44.8 Å². The summed E-state index contributed by atoms with van der Waals surface area (Å²) in [6.45, 7) is 0. The molecule has 0 bridgehead atoms. The summed E-state index contributed by atoms with van der Waals surface area (Å²) in [5, 5.41) is 0. The maximum absolute atomic E-state index is 5.24. The summed E-state index contributed by atoms with van der Waals surface area (Å²) >= 11 is 0. The van der Waals surface area contributed by atoms with E-state index in [2.05, 4.69) is 212 Å². The van der Waals surface area contributed by atoms with Crippen LogP contribution in [0.25, 0.3) is 67.3 Å². The molecule has 1 aromatic heterocycles. The van der Waals surface area contributed by atoms with Gasteiger partial charge in [-0.2, -0.15) is 0 Å². The van der Waals surface area contributed by atoms with Crippen molar-refractivity contribution in [1.82, 2.24) is 9.97 Å². The Kier molecular flexibility index (Phi) is 8.08. The third-order valence-electron chi connectivity index (χ3n) is 11.0. The molecule has 2 heteroatoms. The fourth-order valence-corrected chi connectivity index (χ4v) is 8.45. The number of hydrogen-bond acceptors (Lipinski definition) is 2. The van der Waals surface area contributed by atoms with Gasteiger partial charge in [0.05, 0.1) is 16.8 Å². The molecule has 0 N–H and O–H groups in total. The lowest BCUT2D eigenvalue weighted by molar-refractivity contribution is 0.769. The fourth-order valence-electron chi connectivity index (χ4n) is 8.45. The van der Waals surface area contributed by atoms with Gasteiger partial charge < -0.3 is 0 Å². The summed E-state index contributed by atoms with van der Waals surface area (Å²) in [6, 6.07) is 78.1. The topological polar surface area (TPSA) is 25.8 Å². The van der Waals surface area contributed by atoms with Crippen molar-refractivity contribution < 1.29 is 0 Å². The highest BCUT2D eigenvalue weighted by Crippen LogP contribution is 2.56. The van der Waals surface area contributed by atoms with E-state index in [9.17, 15) is 0 Å². The Hall–Kier alpha value is -7.16. The zero-order valence-electron chi connectivity index (χ0n) is 30.2. The van der Waals surface area contributed by atoms with Crippen LogP contribution in [-0.4, -0.2) is 9.97 Å². The third kappa shape index (κ3) is 5.67. The Bertz CT molecular complexity index is 2760. The van der Waals surface area contributed by atoms with E-state index < -0.39 is 5.41 Å². The molecule has 8 aromatic carbocycles. The molecular formula is C53H36N2. The van der Waals surface area contributed by atoms with Crippen LogP contribution in [0.2, 0.25) is 0 Å². The summed E-state index contributed by atoms with van der Waals surface area (Å²) in [5.74, 6) is 0.693. The molecule has 0 atom stereocenters. The molecule has 2 nitrogen and oxygen atoms in total. The SMILES string of the molecule is c1ccc(-c2cccc(-c3cc(-c4ccccc4)nc(-c4cccc(-c5cccc(C6(c7ccccc7)c7ccccc7-c7ccccc76)c5)c4)n3)c2)cc1. The molecule has 1 aliphatic carbocycles. The molecule has 10 rings (SSSR count). The van der Waals surface area contributed by atoms with Crippen molar-refractivity contribution in [2.45, 2.75) is 5.41 Å². The quantitative estimate of drug-likeness (QED) is 0.165. The Balaban J connectivity index is 1.11. The lowest BCUT2D eigenvalue weighted by Gasteiger charge is -2.34. The second-order valence-electron chi connectivity index (χ2n) is 14.1. The van der Waals surface area contributed by atoms with Gasteiger partial charge in [-0.3, -0.25) is 0 Å². The molecule has 1 aliphatic rings. The first kappa shape index (κ1) is 32.5. The van der Waals surface area contributed by atoms with Crippen LogP contribution in [-0.2, 0) is 5.41 Å². The molecule has 0 amide bonds. The smallest absolute Gasteiger partial charge is 0.160 e. The maximum Gasteiger partial charge on any atom is 0.160 e. The van der Waals surface area contributed by atoms with Gasteiger partial charge in [-0.05, 0) is 79.9 Å². The maximum atomic E-state index is 5.24. The molecule has 0 saturated carbocycles. The normalized spacial score (nSPS) is 12.5. The first-order valence-electron chi connectivity index (χ1n) is 18.8. The molecular weight excluding hydrogens is 665 g/mol. The standard InChI is InChI=1S/C53H36N2/c1-4-17-37(18-5-1)39-21-14-24-42(33-39)51-36-50(38-19-6-2-7-20-38)54-52(55-51)43-25-15-22-40(34-43)41-23-16-28-45(35-41)53(44-26-8-3-9-27-44)48-31-12-10-29-46(48)47-30-11-13-32-49(47)53/h1-36H. The summed E-state index contributed by atoms with van der Waals surface area (Å²) in [5.41, 5.74) is 16.7. The van der Waals surface area contributed by atoms with E-state index in [0.29, 0.717) is 5.82 Å². The van der Waals surface area contributed by atoms with Crippen molar-refractivity contribution in [2.75, 3.05) is 0 Å². The highest BCUT2D eigenvalue weighted by Gasteiger charge is 2.45. The van der Waals surface area contributed by atoms with Crippen molar-refractivity contribution in [1.29, 1.82) is 0 Å². The van der Waals surface area contributed by atoms with E-state index in [1.165, 1.54) is 38.9 Å². The average Bonchev–Trinajstić information content (AvgIpc) is 3.58. The van der Waals surface area contributed by atoms with Crippen LogP contribution in [0.4, 0.5) is 0 Å². The lowest BCUT2D eigenvalue weighted by Crippen LogP contribution is -2.28. The van der Waals surface area contributed by atoms with Crippen LogP contribution in [0.5, 0.6) is 0 Å². The number of hydrogen-bond donors (Lipinski definition) is 0. The van der Waals surface area contributed by atoms with Gasteiger partial charge in [0.1, 0.15) is 0 Å². The molecule has 0 radical (unpaired) electrons. The van der Waals surface area contributed by atoms with Crippen molar-refractivity contribution in [3.8, 4) is 67.3 Å². The van der Waals surface area contributed by atoms with E-state index in [4.69, 9.17) is 9.97 Å². The first-order valence-corrected chi connectivity index (χ1v) is 18.8. The van der Waals surface area contributed by atoms with Gasteiger partial charge in [0, 0.05) is 16.7 Å². The van der Waals surface area contributed by atoms with Gasteiger partial charge in [0.25, 0.3) is 0 Å². The zero-order valence-corrected chi connectivity index (χ0v) is 30.2. The highest BCUT2D eigenvalue weighted by atomic mass is 14.9. The van der Waals surface area contributed by atoms with E-state index >= 15 is 0 Å². The van der Waals surface area contributed by atoms with E-state index in [1.807, 2.05) is 6.07 Å². The number of aromatic nitrogens is 2. The van der Waals surface area contributed by atoms with Crippen LogP contribution in [0.15, 0.2) is 218 Å². The second kappa shape index (κ2) is 13.7. The van der Waals surface area contributed by atoms with Crippen molar-refractivity contribution in [3.05, 3.63) is 241 Å². The van der Waals surface area contributed by atoms with Crippen molar-refractivity contribution >= 4 is 0 Å². The van der Waals surface area contributed by atoms with Crippen LogP contribution < -0.4 is 0 Å². The average molecular weight is 701 g/mol. The van der Waals surface area contributed by atoms with Crippen LogP contribution in [0.1, 0.15) is 22.3 Å². The summed E-state index contributed by atoms with van der Waals surface area (Å²) in [6.07, 6.45) is 0. The van der Waals surface area contributed by atoms with Crippen molar-refractivity contribution in [2.24, 2.45) is 0 Å². The Morgan fingerprint density at radius 2 is 0.691 bits per heavy atom. The lowest BCUT2D eigenvalue weighted by atomic mass is 9.67. The Morgan fingerprint density at radius 1 is 0.273 bits per heavy atom. The van der Waals surface area contributed by atoms with Gasteiger partial charge in [0.2, 0.25) is 0 Å². The second-order valence-corrected chi connectivity index (χ2v) is 14.1. The van der Waals surface area contributed by atoms with Gasteiger partial charge in [-0.1, -0.05) is 194 Å². The minimum Gasteiger partial charge on any atom is -0.228 e. The Labute approximate surface area is 322 Å². The molecule has 258 valence electrons.